The van der Waals surface area contributed by atoms with Crippen LogP contribution in [0.3, 0.4) is 0 Å². The minimum Gasteiger partial charge on any atom is -0.348 e. The molecule has 0 bridgehead atoms. The summed E-state index contributed by atoms with van der Waals surface area (Å²) in [6, 6.07) is 25.2. The normalized spacial score (nSPS) is 11.1. The van der Waals surface area contributed by atoms with Crippen molar-refractivity contribution in [3.8, 4) is 0 Å². The summed E-state index contributed by atoms with van der Waals surface area (Å²) in [5.41, 5.74) is 4.61. The summed E-state index contributed by atoms with van der Waals surface area (Å²) < 4.78 is 0. The molecule has 0 unspecified atom stereocenters. The zero-order chi connectivity index (χ0) is 23.1. The van der Waals surface area contributed by atoms with E-state index in [-0.39, 0.29) is 17.2 Å². The summed E-state index contributed by atoms with van der Waals surface area (Å²) in [5.74, 6) is -0.100. The van der Waals surface area contributed by atoms with Gasteiger partial charge in [-0.25, -0.2) is 0 Å². The fourth-order valence-electron chi connectivity index (χ4n) is 3.48. The number of rotatable bonds is 7. The van der Waals surface area contributed by atoms with Crippen LogP contribution in [0.1, 0.15) is 65.1 Å². The summed E-state index contributed by atoms with van der Waals surface area (Å²) in [4.78, 5) is 27.2. The van der Waals surface area contributed by atoms with Crippen molar-refractivity contribution in [2.45, 2.75) is 46.2 Å². The Bertz CT molecular complexity index is 1030. The van der Waals surface area contributed by atoms with Gasteiger partial charge < -0.3 is 10.2 Å². The number of nitrogens with zero attached hydrogens (tertiary/aromatic N) is 1. The quantitative estimate of drug-likeness (QED) is 0.534. The molecule has 32 heavy (non-hydrogen) atoms. The molecule has 3 rings (SSSR count). The van der Waals surface area contributed by atoms with Crippen LogP contribution in [-0.4, -0.2) is 23.3 Å². The van der Waals surface area contributed by atoms with Gasteiger partial charge in [0, 0.05) is 30.8 Å². The Morgan fingerprint density at radius 2 is 1.38 bits per heavy atom. The number of nitrogens with one attached hydrogen (secondary N) is 1. The first-order valence-electron chi connectivity index (χ1n) is 11.1. The third-order valence-electron chi connectivity index (χ3n) is 5.55. The second kappa shape index (κ2) is 10.3. The van der Waals surface area contributed by atoms with Crippen molar-refractivity contribution in [1.29, 1.82) is 0 Å². The number of carbonyl (C=O) groups excluding carboxylic acids is 2. The second-order valence-electron chi connectivity index (χ2n) is 9.01. The standard InChI is InChI=1S/C28H32N2O2/c1-5-30(20-22-9-7-6-8-10-22)27(32)24-13-11-21(12-14-24)19-29-26(31)23-15-17-25(18-16-23)28(2,3)4/h6-18H,5,19-20H2,1-4H3,(H,29,31). The lowest BCUT2D eigenvalue weighted by atomic mass is 9.87. The van der Waals surface area contributed by atoms with Crippen LogP contribution in [0.2, 0.25) is 0 Å². The SMILES string of the molecule is CCN(Cc1ccccc1)C(=O)c1ccc(CNC(=O)c2ccc(C(C)(C)C)cc2)cc1. The molecule has 0 aliphatic rings. The monoisotopic (exact) mass is 428 g/mol. The first-order chi connectivity index (χ1) is 15.3. The lowest BCUT2D eigenvalue weighted by Gasteiger charge is -2.21. The minimum atomic E-state index is -0.106. The average Bonchev–Trinajstić information content (AvgIpc) is 2.81. The van der Waals surface area contributed by atoms with Gasteiger partial charge in [-0.15, -0.1) is 0 Å². The van der Waals surface area contributed by atoms with E-state index in [0.717, 1.165) is 11.1 Å². The first kappa shape index (κ1) is 23.3. The Morgan fingerprint density at radius 1 is 0.781 bits per heavy atom. The number of carbonyl (C=O) groups is 2. The van der Waals surface area contributed by atoms with Gasteiger partial charge in [0.25, 0.3) is 11.8 Å². The predicted molar refractivity (Wildman–Crippen MR) is 130 cm³/mol. The van der Waals surface area contributed by atoms with Crippen molar-refractivity contribution in [2.24, 2.45) is 0 Å². The second-order valence-corrected chi connectivity index (χ2v) is 9.01. The molecule has 1 N–H and O–H groups in total. The Labute approximate surface area is 191 Å². The molecule has 0 aromatic heterocycles. The smallest absolute Gasteiger partial charge is 0.254 e. The number of hydrogen-bond acceptors (Lipinski definition) is 2. The van der Waals surface area contributed by atoms with E-state index in [1.807, 2.05) is 90.7 Å². The first-order valence-corrected chi connectivity index (χ1v) is 11.1. The Morgan fingerprint density at radius 3 is 1.94 bits per heavy atom. The topological polar surface area (TPSA) is 49.4 Å². The molecule has 0 fully saturated rings. The van der Waals surface area contributed by atoms with E-state index in [1.165, 1.54) is 5.56 Å². The van der Waals surface area contributed by atoms with Crippen molar-refractivity contribution >= 4 is 11.8 Å². The highest BCUT2D eigenvalue weighted by atomic mass is 16.2. The molecule has 0 aliphatic heterocycles. The third-order valence-corrected chi connectivity index (χ3v) is 5.55. The molecule has 0 heterocycles. The highest BCUT2D eigenvalue weighted by molar-refractivity contribution is 5.95. The fourth-order valence-corrected chi connectivity index (χ4v) is 3.48. The van der Waals surface area contributed by atoms with Gasteiger partial charge in [-0.05, 0) is 53.3 Å². The molecule has 0 radical (unpaired) electrons. The van der Waals surface area contributed by atoms with Gasteiger partial charge in [-0.3, -0.25) is 9.59 Å². The Hall–Kier alpha value is -3.40. The van der Waals surface area contributed by atoms with E-state index in [4.69, 9.17) is 0 Å². The number of benzene rings is 3. The molecule has 3 aromatic rings. The fraction of sp³-hybridized carbons (Fsp3) is 0.286. The van der Waals surface area contributed by atoms with Gasteiger partial charge in [0.05, 0.1) is 0 Å². The largest absolute Gasteiger partial charge is 0.348 e. The van der Waals surface area contributed by atoms with Crippen molar-refractivity contribution in [2.75, 3.05) is 6.54 Å². The summed E-state index contributed by atoms with van der Waals surface area (Å²) in [6.07, 6.45) is 0. The summed E-state index contributed by atoms with van der Waals surface area (Å²) >= 11 is 0. The summed E-state index contributed by atoms with van der Waals surface area (Å²) in [6.45, 7) is 10.1. The molecular weight excluding hydrogens is 396 g/mol. The molecule has 4 nitrogen and oxygen atoms in total. The zero-order valence-electron chi connectivity index (χ0n) is 19.4. The average molecular weight is 429 g/mol. The molecule has 4 heteroatoms. The molecule has 0 spiro atoms. The van der Waals surface area contributed by atoms with E-state index < -0.39 is 0 Å². The van der Waals surface area contributed by atoms with Gasteiger partial charge in [-0.1, -0.05) is 75.4 Å². The molecule has 3 aromatic carbocycles. The molecule has 0 atom stereocenters. The number of amides is 2. The lowest BCUT2D eigenvalue weighted by molar-refractivity contribution is 0.0752. The van der Waals surface area contributed by atoms with Crippen LogP contribution in [0.4, 0.5) is 0 Å². The van der Waals surface area contributed by atoms with Crippen molar-refractivity contribution in [1.82, 2.24) is 10.2 Å². The van der Waals surface area contributed by atoms with E-state index in [0.29, 0.717) is 30.8 Å². The van der Waals surface area contributed by atoms with Crippen LogP contribution in [0.25, 0.3) is 0 Å². The third kappa shape index (κ3) is 6.07. The maximum absolute atomic E-state index is 12.9. The van der Waals surface area contributed by atoms with Crippen LogP contribution in [0.15, 0.2) is 78.9 Å². The molecule has 166 valence electrons. The number of hydrogen-bond donors (Lipinski definition) is 1. The van der Waals surface area contributed by atoms with Gasteiger partial charge in [-0.2, -0.15) is 0 Å². The summed E-state index contributed by atoms with van der Waals surface area (Å²) in [5, 5.41) is 2.95. The van der Waals surface area contributed by atoms with Crippen LogP contribution >= 0.6 is 0 Å². The lowest BCUT2D eigenvalue weighted by Crippen LogP contribution is -2.30. The summed E-state index contributed by atoms with van der Waals surface area (Å²) in [7, 11) is 0. The van der Waals surface area contributed by atoms with Gasteiger partial charge in [0.15, 0.2) is 0 Å². The van der Waals surface area contributed by atoms with Crippen LogP contribution in [0, 0.1) is 0 Å². The van der Waals surface area contributed by atoms with E-state index in [2.05, 4.69) is 26.1 Å². The molecular formula is C28H32N2O2. The van der Waals surface area contributed by atoms with E-state index in [9.17, 15) is 9.59 Å². The van der Waals surface area contributed by atoms with E-state index >= 15 is 0 Å². The molecule has 2 amide bonds. The van der Waals surface area contributed by atoms with Crippen LogP contribution in [-0.2, 0) is 18.5 Å². The maximum Gasteiger partial charge on any atom is 0.254 e. The van der Waals surface area contributed by atoms with Crippen molar-refractivity contribution < 1.29 is 9.59 Å². The van der Waals surface area contributed by atoms with Crippen molar-refractivity contribution in [3.63, 3.8) is 0 Å². The molecule has 0 saturated heterocycles. The van der Waals surface area contributed by atoms with Crippen LogP contribution < -0.4 is 5.32 Å². The van der Waals surface area contributed by atoms with Gasteiger partial charge in [0.2, 0.25) is 0 Å². The Balaban J connectivity index is 1.58. The molecule has 0 saturated carbocycles. The highest BCUT2D eigenvalue weighted by Gasteiger charge is 2.16. The van der Waals surface area contributed by atoms with Gasteiger partial charge >= 0.3 is 0 Å². The van der Waals surface area contributed by atoms with E-state index in [1.54, 1.807) is 0 Å². The predicted octanol–water partition coefficient (Wildman–Crippen LogP) is 5.58. The highest BCUT2D eigenvalue weighted by Crippen LogP contribution is 2.22. The van der Waals surface area contributed by atoms with Crippen molar-refractivity contribution in [3.05, 3.63) is 107 Å². The van der Waals surface area contributed by atoms with Gasteiger partial charge in [0.1, 0.15) is 0 Å². The maximum atomic E-state index is 12.9. The Kier molecular flexibility index (Phi) is 7.47. The minimum absolute atomic E-state index is 0.00544. The van der Waals surface area contributed by atoms with Crippen LogP contribution in [0.5, 0.6) is 0 Å². The zero-order valence-corrected chi connectivity index (χ0v) is 19.4. The molecule has 0 aliphatic carbocycles.